The van der Waals surface area contributed by atoms with Gasteiger partial charge in [-0.05, 0) is 45.9 Å². The molecule has 0 saturated carbocycles. The third kappa shape index (κ3) is 5.82. The Kier molecular flexibility index (Phi) is 9.50. The lowest BCUT2D eigenvalue weighted by Gasteiger charge is -2.32. The molecule has 0 radical (unpaired) electrons. The highest BCUT2D eigenvalue weighted by Crippen LogP contribution is 2.39. The molecule has 1 amide bonds. The van der Waals surface area contributed by atoms with E-state index in [1.54, 1.807) is 48.7 Å². The highest BCUT2D eigenvalue weighted by Gasteiger charge is 2.52. The lowest BCUT2D eigenvalue weighted by atomic mass is 9.77. The molecule has 3 rings (SSSR count). The van der Waals surface area contributed by atoms with Crippen LogP contribution in [0, 0.1) is 0 Å². The first-order valence-electron chi connectivity index (χ1n) is 11.9. The third-order valence-electron chi connectivity index (χ3n) is 6.23. The van der Waals surface area contributed by atoms with Crippen LogP contribution in [0.2, 0.25) is 0 Å². The van der Waals surface area contributed by atoms with Crippen LogP contribution in [-0.4, -0.2) is 63.6 Å². The van der Waals surface area contributed by atoms with Crippen molar-refractivity contribution < 1.29 is 23.3 Å². The standard InChI is InChI=1S/C24H32BN3O5S.C2H6/c1-23(2)24(3,4)33-25(32-23)17-14-16-19(15-18(17)28(8)34)31-22(20(16)21(30)26(5)6)27(7)12-10-9-11-13-29;1-2/h9-15,34H,1-8H3;1-2H3/b11-9-,12-10-;. The number of aldehydes is 1. The minimum Gasteiger partial charge on any atom is -0.439 e. The van der Waals surface area contributed by atoms with Crippen molar-refractivity contribution in [3.63, 3.8) is 0 Å². The molecule has 0 atom stereocenters. The summed E-state index contributed by atoms with van der Waals surface area (Å²) in [5.74, 6) is 0.174. The van der Waals surface area contributed by atoms with E-state index < -0.39 is 18.3 Å². The molecule has 1 aromatic carbocycles. The molecule has 1 fully saturated rings. The lowest BCUT2D eigenvalue weighted by Crippen LogP contribution is -2.41. The van der Waals surface area contributed by atoms with Gasteiger partial charge in [0.1, 0.15) is 17.4 Å². The van der Waals surface area contributed by atoms with Gasteiger partial charge in [-0.15, -0.1) is 0 Å². The highest BCUT2D eigenvalue weighted by atomic mass is 32.1. The van der Waals surface area contributed by atoms with Crippen molar-refractivity contribution in [2.45, 2.75) is 52.7 Å². The van der Waals surface area contributed by atoms with E-state index in [-0.39, 0.29) is 5.91 Å². The zero-order chi connectivity index (χ0) is 27.4. The van der Waals surface area contributed by atoms with Gasteiger partial charge < -0.3 is 27.8 Å². The number of nitrogens with zero attached hydrogens (tertiary/aromatic N) is 3. The molecule has 1 aromatic heterocycles. The summed E-state index contributed by atoms with van der Waals surface area (Å²) < 4.78 is 20.4. The molecular weight excluding hydrogens is 477 g/mol. The predicted octanol–water partition coefficient (Wildman–Crippen LogP) is 4.45. The number of carbonyl (C=O) groups excluding carboxylic acids is 2. The van der Waals surface area contributed by atoms with Crippen molar-refractivity contribution in [2.75, 3.05) is 37.4 Å². The monoisotopic (exact) mass is 515 g/mol. The van der Waals surface area contributed by atoms with Crippen molar-refractivity contribution in [1.82, 2.24) is 4.90 Å². The Hall–Kier alpha value is -2.69. The maximum atomic E-state index is 13.2. The second kappa shape index (κ2) is 11.6. The van der Waals surface area contributed by atoms with Crippen LogP contribution in [-0.2, 0) is 14.1 Å². The number of furan rings is 1. The van der Waals surface area contributed by atoms with Gasteiger partial charge in [0.15, 0.2) is 0 Å². The molecule has 1 aliphatic heterocycles. The summed E-state index contributed by atoms with van der Waals surface area (Å²) in [4.78, 5) is 27.0. The summed E-state index contributed by atoms with van der Waals surface area (Å²) in [6.07, 6.45) is 7.07. The summed E-state index contributed by atoms with van der Waals surface area (Å²) in [6, 6.07) is 3.72. The SMILES string of the molecule is CC.CN(C)C(=O)c1c(N(C)/C=C\C=C/C=O)oc2cc(N(C)S)c(B3OC(C)(C)C(C)(C)O3)cc12. The van der Waals surface area contributed by atoms with Gasteiger partial charge in [-0.3, -0.25) is 9.59 Å². The molecule has 0 bridgehead atoms. The molecule has 0 N–H and O–H groups in total. The van der Waals surface area contributed by atoms with E-state index in [4.69, 9.17) is 13.7 Å². The number of allylic oxidation sites excluding steroid dienone is 3. The zero-order valence-electron chi connectivity index (χ0n) is 22.9. The number of thiol groups is 1. The summed E-state index contributed by atoms with van der Waals surface area (Å²) >= 11 is 4.52. The third-order valence-corrected chi connectivity index (χ3v) is 6.44. The van der Waals surface area contributed by atoms with Crippen LogP contribution in [0.15, 0.2) is 41.0 Å². The van der Waals surface area contributed by atoms with E-state index >= 15 is 0 Å². The molecule has 8 nitrogen and oxygen atoms in total. The quantitative estimate of drug-likeness (QED) is 0.192. The first-order valence-corrected chi connectivity index (χ1v) is 12.3. The maximum absolute atomic E-state index is 13.2. The van der Waals surface area contributed by atoms with Crippen molar-refractivity contribution in [3.05, 3.63) is 42.1 Å². The Bertz CT molecular complexity index is 1140. The smallest absolute Gasteiger partial charge is 0.439 e. The first kappa shape index (κ1) is 29.5. The molecule has 10 heteroatoms. The summed E-state index contributed by atoms with van der Waals surface area (Å²) in [5, 5.41) is 0.640. The van der Waals surface area contributed by atoms with E-state index in [0.29, 0.717) is 28.7 Å². The second-order valence-corrected chi connectivity index (χ2v) is 10.1. The molecule has 1 aliphatic rings. The minimum atomic E-state index is -0.647. The van der Waals surface area contributed by atoms with Crippen LogP contribution in [0.1, 0.15) is 51.9 Å². The van der Waals surface area contributed by atoms with E-state index in [1.807, 2.05) is 60.7 Å². The number of rotatable bonds is 7. The number of anilines is 2. The number of carbonyl (C=O) groups is 2. The topological polar surface area (TPSA) is 75.5 Å². The number of fused-ring (bicyclic) bond motifs is 1. The lowest BCUT2D eigenvalue weighted by molar-refractivity contribution is -0.104. The van der Waals surface area contributed by atoms with Crippen LogP contribution >= 0.6 is 12.8 Å². The molecule has 2 aromatic rings. The average Bonchev–Trinajstić information content (AvgIpc) is 3.29. The van der Waals surface area contributed by atoms with Crippen molar-refractivity contribution >= 4 is 60.1 Å². The average molecular weight is 515 g/mol. The maximum Gasteiger partial charge on any atom is 0.497 e. The van der Waals surface area contributed by atoms with E-state index in [1.165, 1.54) is 11.0 Å². The van der Waals surface area contributed by atoms with Gasteiger partial charge >= 0.3 is 7.12 Å². The van der Waals surface area contributed by atoms with E-state index in [2.05, 4.69) is 12.8 Å². The van der Waals surface area contributed by atoms with Gasteiger partial charge in [0.2, 0.25) is 5.88 Å². The Balaban J connectivity index is 0.00000222. The number of benzene rings is 1. The Morgan fingerprint density at radius 1 is 0.972 bits per heavy atom. The molecule has 0 spiro atoms. The van der Waals surface area contributed by atoms with E-state index in [9.17, 15) is 9.59 Å². The summed E-state index contributed by atoms with van der Waals surface area (Å²) in [6.45, 7) is 12.0. The Morgan fingerprint density at radius 3 is 2.06 bits per heavy atom. The van der Waals surface area contributed by atoms with Crippen LogP contribution in [0.4, 0.5) is 11.6 Å². The van der Waals surface area contributed by atoms with Gasteiger partial charge in [-0.25, -0.2) is 0 Å². The minimum absolute atomic E-state index is 0.204. The largest absolute Gasteiger partial charge is 0.497 e. The molecule has 0 unspecified atom stereocenters. The molecule has 0 aliphatic carbocycles. The van der Waals surface area contributed by atoms with Gasteiger partial charge in [-0.1, -0.05) is 32.7 Å². The van der Waals surface area contributed by atoms with Crippen LogP contribution in [0.25, 0.3) is 11.0 Å². The number of hydrogen-bond donors (Lipinski definition) is 1. The van der Waals surface area contributed by atoms with Crippen LogP contribution < -0.4 is 14.7 Å². The molecule has 1 saturated heterocycles. The summed E-state index contributed by atoms with van der Waals surface area (Å²) in [7, 11) is 6.32. The molecular formula is C26H38BN3O5S. The van der Waals surface area contributed by atoms with Gasteiger partial charge in [0, 0.05) is 57.0 Å². The van der Waals surface area contributed by atoms with Crippen molar-refractivity contribution in [1.29, 1.82) is 0 Å². The fourth-order valence-electron chi connectivity index (χ4n) is 3.61. The number of amides is 1. The van der Waals surface area contributed by atoms with Crippen molar-refractivity contribution in [2.24, 2.45) is 0 Å². The number of hydrogen-bond acceptors (Lipinski definition) is 8. The van der Waals surface area contributed by atoms with Crippen molar-refractivity contribution in [3.8, 4) is 0 Å². The highest BCUT2D eigenvalue weighted by molar-refractivity contribution is 7.81. The van der Waals surface area contributed by atoms with Gasteiger partial charge in [0.05, 0.1) is 11.2 Å². The Labute approximate surface area is 220 Å². The predicted molar refractivity (Wildman–Crippen MR) is 151 cm³/mol. The normalized spacial score (nSPS) is 16.4. The van der Waals surface area contributed by atoms with Crippen LogP contribution in [0.3, 0.4) is 0 Å². The molecule has 36 heavy (non-hydrogen) atoms. The Morgan fingerprint density at radius 2 is 1.56 bits per heavy atom. The molecule has 196 valence electrons. The van der Waals surface area contributed by atoms with E-state index in [0.717, 1.165) is 11.2 Å². The van der Waals surface area contributed by atoms with Crippen LogP contribution in [0.5, 0.6) is 0 Å². The first-order chi connectivity index (χ1) is 16.8. The fraction of sp³-hybridized carbons (Fsp3) is 0.462. The van der Waals surface area contributed by atoms with Gasteiger partial charge in [0.25, 0.3) is 5.91 Å². The summed E-state index contributed by atoms with van der Waals surface area (Å²) in [5.41, 5.74) is 1.38. The zero-order valence-corrected chi connectivity index (χ0v) is 23.8. The molecule has 2 heterocycles. The van der Waals surface area contributed by atoms with Gasteiger partial charge in [-0.2, -0.15) is 0 Å². The second-order valence-electron chi connectivity index (χ2n) is 9.47. The fourth-order valence-corrected chi connectivity index (χ4v) is 3.78.